The Morgan fingerprint density at radius 3 is 1.83 bits per heavy atom. The SMILES string of the molecule is CC.CNCCC(C)(C)CCN(C)CC(C)(C)C. The summed E-state index contributed by atoms with van der Waals surface area (Å²) >= 11 is 0. The molecule has 0 aliphatic rings. The van der Waals surface area contributed by atoms with E-state index in [0.717, 1.165) is 6.54 Å². The van der Waals surface area contributed by atoms with Crippen molar-refractivity contribution in [1.82, 2.24) is 10.2 Å². The minimum absolute atomic E-state index is 0.407. The summed E-state index contributed by atoms with van der Waals surface area (Å²) in [5, 5.41) is 3.24. The molecule has 0 amide bonds. The van der Waals surface area contributed by atoms with Crippen molar-refractivity contribution in [3.05, 3.63) is 0 Å². The van der Waals surface area contributed by atoms with Gasteiger partial charge in [0.1, 0.15) is 0 Å². The minimum atomic E-state index is 0.407. The van der Waals surface area contributed by atoms with Crippen molar-refractivity contribution in [2.75, 3.05) is 33.7 Å². The third-order valence-electron chi connectivity index (χ3n) is 2.97. The van der Waals surface area contributed by atoms with E-state index in [1.165, 1.54) is 25.9 Å². The zero-order chi connectivity index (χ0) is 14.8. The summed E-state index contributed by atoms with van der Waals surface area (Å²) in [6.45, 7) is 19.1. The van der Waals surface area contributed by atoms with Gasteiger partial charge in [0, 0.05) is 6.54 Å². The summed E-state index contributed by atoms with van der Waals surface area (Å²) in [4.78, 5) is 2.46. The number of rotatable bonds is 7. The third-order valence-corrected chi connectivity index (χ3v) is 2.97. The molecule has 0 aromatic heterocycles. The van der Waals surface area contributed by atoms with Gasteiger partial charge in [0.05, 0.1) is 0 Å². The summed E-state index contributed by atoms with van der Waals surface area (Å²) in [7, 11) is 4.27. The number of hydrogen-bond donors (Lipinski definition) is 1. The van der Waals surface area contributed by atoms with Gasteiger partial charge in [-0.05, 0) is 50.9 Å². The van der Waals surface area contributed by atoms with Crippen LogP contribution < -0.4 is 5.32 Å². The van der Waals surface area contributed by atoms with Gasteiger partial charge in [-0.25, -0.2) is 0 Å². The molecule has 0 unspecified atom stereocenters. The first-order valence-electron chi connectivity index (χ1n) is 7.49. The Morgan fingerprint density at radius 1 is 0.944 bits per heavy atom. The van der Waals surface area contributed by atoms with Crippen molar-refractivity contribution in [3.8, 4) is 0 Å². The van der Waals surface area contributed by atoms with Crippen LogP contribution in [0.1, 0.15) is 61.3 Å². The summed E-state index contributed by atoms with van der Waals surface area (Å²) < 4.78 is 0. The molecule has 0 spiro atoms. The molecule has 0 atom stereocenters. The van der Waals surface area contributed by atoms with Crippen LogP contribution in [0.5, 0.6) is 0 Å². The lowest BCUT2D eigenvalue weighted by molar-refractivity contribution is 0.188. The zero-order valence-electron chi connectivity index (χ0n) is 14.5. The maximum Gasteiger partial charge on any atom is 0.00270 e. The third kappa shape index (κ3) is 14.0. The molecule has 0 aliphatic heterocycles. The molecule has 112 valence electrons. The standard InChI is InChI=1S/C14H32N2.C2H6/c1-13(2,3)12-16(7)11-9-14(4,5)8-10-15-6;1-2/h15H,8-12H2,1-7H3;1-2H3. The van der Waals surface area contributed by atoms with E-state index in [1.807, 2.05) is 20.9 Å². The molecule has 2 nitrogen and oxygen atoms in total. The van der Waals surface area contributed by atoms with Gasteiger partial charge in [0.2, 0.25) is 0 Å². The molecular weight excluding hydrogens is 220 g/mol. The van der Waals surface area contributed by atoms with Crippen LogP contribution in [0.3, 0.4) is 0 Å². The Kier molecular flexibility index (Phi) is 11.0. The van der Waals surface area contributed by atoms with E-state index in [0.29, 0.717) is 10.8 Å². The van der Waals surface area contributed by atoms with Crippen molar-refractivity contribution in [2.45, 2.75) is 61.3 Å². The molecule has 0 aromatic carbocycles. The van der Waals surface area contributed by atoms with Crippen molar-refractivity contribution in [2.24, 2.45) is 10.8 Å². The van der Waals surface area contributed by atoms with Gasteiger partial charge in [-0.2, -0.15) is 0 Å². The topological polar surface area (TPSA) is 15.3 Å². The molecule has 0 heterocycles. The van der Waals surface area contributed by atoms with Crippen LogP contribution >= 0.6 is 0 Å². The highest BCUT2D eigenvalue weighted by atomic mass is 15.1. The van der Waals surface area contributed by atoms with Crippen LogP contribution in [0.4, 0.5) is 0 Å². The first-order valence-corrected chi connectivity index (χ1v) is 7.49. The number of nitrogens with zero attached hydrogens (tertiary/aromatic N) is 1. The highest BCUT2D eigenvalue weighted by molar-refractivity contribution is 4.73. The van der Waals surface area contributed by atoms with Crippen LogP contribution in [-0.4, -0.2) is 38.6 Å². The van der Waals surface area contributed by atoms with Crippen LogP contribution in [-0.2, 0) is 0 Å². The molecule has 0 radical (unpaired) electrons. The lowest BCUT2D eigenvalue weighted by Gasteiger charge is -2.31. The van der Waals surface area contributed by atoms with E-state index in [9.17, 15) is 0 Å². The molecule has 0 saturated heterocycles. The molecule has 0 fully saturated rings. The number of hydrogen-bond acceptors (Lipinski definition) is 2. The predicted molar refractivity (Wildman–Crippen MR) is 85.2 cm³/mol. The Balaban J connectivity index is 0. The summed E-state index contributed by atoms with van der Waals surface area (Å²) in [6.07, 6.45) is 2.54. The van der Waals surface area contributed by atoms with Crippen LogP contribution in [0, 0.1) is 10.8 Å². The van der Waals surface area contributed by atoms with E-state index in [-0.39, 0.29) is 0 Å². The Bertz CT molecular complexity index is 180. The van der Waals surface area contributed by atoms with Crippen LogP contribution in [0.2, 0.25) is 0 Å². The number of nitrogens with one attached hydrogen (secondary N) is 1. The Morgan fingerprint density at radius 2 is 1.44 bits per heavy atom. The van der Waals surface area contributed by atoms with E-state index in [1.54, 1.807) is 0 Å². The smallest absolute Gasteiger partial charge is 0.00270 e. The van der Waals surface area contributed by atoms with E-state index >= 15 is 0 Å². The molecule has 1 N–H and O–H groups in total. The van der Waals surface area contributed by atoms with Gasteiger partial charge in [-0.15, -0.1) is 0 Å². The van der Waals surface area contributed by atoms with E-state index in [4.69, 9.17) is 0 Å². The molecular formula is C16H38N2. The first-order chi connectivity index (χ1) is 8.16. The van der Waals surface area contributed by atoms with Gasteiger partial charge in [0.15, 0.2) is 0 Å². The fourth-order valence-electron chi connectivity index (χ4n) is 1.97. The molecule has 2 heteroatoms. The normalized spacial score (nSPS) is 12.3. The summed E-state index contributed by atoms with van der Waals surface area (Å²) in [6, 6.07) is 0. The van der Waals surface area contributed by atoms with E-state index in [2.05, 4.69) is 51.9 Å². The van der Waals surface area contributed by atoms with Crippen LogP contribution in [0.15, 0.2) is 0 Å². The zero-order valence-corrected chi connectivity index (χ0v) is 14.5. The predicted octanol–water partition coefficient (Wildman–Crippen LogP) is 4.02. The molecule has 0 aromatic rings. The van der Waals surface area contributed by atoms with Gasteiger partial charge < -0.3 is 10.2 Å². The average Bonchev–Trinajstić information content (AvgIpc) is 2.25. The molecule has 0 bridgehead atoms. The molecule has 0 rings (SSSR count). The molecule has 18 heavy (non-hydrogen) atoms. The summed E-state index contributed by atoms with van der Waals surface area (Å²) in [5.74, 6) is 0. The fraction of sp³-hybridized carbons (Fsp3) is 1.00. The second-order valence-electron chi connectivity index (χ2n) is 7.07. The quantitative estimate of drug-likeness (QED) is 0.742. The Hall–Kier alpha value is -0.0800. The van der Waals surface area contributed by atoms with Crippen molar-refractivity contribution in [3.63, 3.8) is 0 Å². The monoisotopic (exact) mass is 258 g/mol. The van der Waals surface area contributed by atoms with Crippen LogP contribution in [0.25, 0.3) is 0 Å². The summed E-state index contributed by atoms with van der Waals surface area (Å²) in [5.41, 5.74) is 0.860. The largest absolute Gasteiger partial charge is 0.320 e. The minimum Gasteiger partial charge on any atom is -0.320 e. The average molecular weight is 258 g/mol. The van der Waals surface area contributed by atoms with E-state index < -0.39 is 0 Å². The van der Waals surface area contributed by atoms with Gasteiger partial charge >= 0.3 is 0 Å². The Labute approximate surface area is 117 Å². The lowest BCUT2D eigenvalue weighted by Crippen LogP contribution is -2.32. The van der Waals surface area contributed by atoms with Crippen molar-refractivity contribution < 1.29 is 0 Å². The first kappa shape index (κ1) is 20.2. The lowest BCUT2D eigenvalue weighted by atomic mass is 9.85. The molecule has 0 saturated carbocycles. The highest BCUT2D eigenvalue weighted by Crippen LogP contribution is 2.25. The van der Waals surface area contributed by atoms with Gasteiger partial charge in [-0.1, -0.05) is 48.5 Å². The fourth-order valence-corrected chi connectivity index (χ4v) is 1.97. The van der Waals surface area contributed by atoms with Crippen molar-refractivity contribution >= 4 is 0 Å². The van der Waals surface area contributed by atoms with Gasteiger partial charge in [0.25, 0.3) is 0 Å². The maximum atomic E-state index is 3.24. The van der Waals surface area contributed by atoms with Gasteiger partial charge in [-0.3, -0.25) is 0 Å². The second kappa shape index (κ2) is 9.80. The van der Waals surface area contributed by atoms with Crippen molar-refractivity contribution in [1.29, 1.82) is 0 Å². The second-order valence-corrected chi connectivity index (χ2v) is 7.07. The molecule has 0 aliphatic carbocycles. The maximum absolute atomic E-state index is 3.24. The highest BCUT2D eigenvalue weighted by Gasteiger charge is 2.19.